The van der Waals surface area contributed by atoms with Crippen molar-refractivity contribution in [2.45, 2.75) is 12.1 Å². The fraction of sp³-hybridized carbons (Fsp3) is 0.286. The SMILES string of the molecule is C=CCOC(=O)NC(C(=O)O)C(O)c1ccc(OC)cc1. The first-order valence-corrected chi connectivity index (χ1v) is 6.08. The molecule has 1 amide bonds. The third-order valence-electron chi connectivity index (χ3n) is 2.64. The van der Waals surface area contributed by atoms with Gasteiger partial charge in [0, 0.05) is 0 Å². The van der Waals surface area contributed by atoms with Crippen molar-refractivity contribution in [3.8, 4) is 5.75 Å². The van der Waals surface area contributed by atoms with E-state index in [1.807, 2.05) is 0 Å². The van der Waals surface area contributed by atoms with Crippen LogP contribution in [0.4, 0.5) is 4.79 Å². The Balaban J connectivity index is 2.80. The van der Waals surface area contributed by atoms with E-state index in [1.54, 1.807) is 12.1 Å². The van der Waals surface area contributed by atoms with E-state index in [0.29, 0.717) is 11.3 Å². The Labute approximate surface area is 121 Å². The number of carboxylic acid groups (broad SMARTS) is 1. The summed E-state index contributed by atoms with van der Waals surface area (Å²) in [5.74, 6) is -0.815. The normalized spacial score (nSPS) is 12.9. The van der Waals surface area contributed by atoms with Crippen molar-refractivity contribution < 1.29 is 29.3 Å². The highest BCUT2D eigenvalue weighted by molar-refractivity contribution is 5.80. The lowest BCUT2D eigenvalue weighted by atomic mass is 10.0. The van der Waals surface area contributed by atoms with Crippen LogP contribution in [0.15, 0.2) is 36.9 Å². The van der Waals surface area contributed by atoms with E-state index >= 15 is 0 Å². The largest absolute Gasteiger partial charge is 0.497 e. The molecule has 0 aliphatic carbocycles. The molecule has 2 unspecified atom stereocenters. The van der Waals surface area contributed by atoms with E-state index in [4.69, 9.17) is 9.84 Å². The topological polar surface area (TPSA) is 105 Å². The molecule has 114 valence electrons. The van der Waals surface area contributed by atoms with Crippen LogP contribution in [0.1, 0.15) is 11.7 Å². The molecule has 0 aromatic heterocycles. The molecule has 2 atom stereocenters. The van der Waals surface area contributed by atoms with Crippen LogP contribution in [0.25, 0.3) is 0 Å². The molecule has 0 saturated carbocycles. The number of benzene rings is 1. The molecule has 21 heavy (non-hydrogen) atoms. The molecule has 0 aliphatic heterocycles. The molecule has 7 nitrogen and oxygen atoms in total. The number of alkyl carbamates (subject to hydrolysis) is 1. The van der Waals surface area contributed by atoms with Crippen LogP contribution in [-0.2, 0) is 9.53 Å². The fourth-order valence-electron chi connectivity index (χ4n) is 1.57. The number of aliphatic hydroxyl groups is 1. The molecule has 0 spiro atoms. The maximum absolute atomic E-state index is 11.4. The van der Waals surface area contributed by atoms with Crippen LogP contribution in [0.5, 0.6) is 5.75 Å². The van der Waals surface area contributed by atoms with Gasteiger partial charge in [-0.3, -0.25) is 0 Å². The first-order valence-electron chi connectivity index (χ1n) is 6.08. The Bertz CT molecular complexity index is 499. The summed E-state index contributed by atoms with van der Waals surface area (Å²) < 4.78 is 9.60. The summed E-state index contributed by atoms with van der Waals surface area (Å²) in [5.41, 5.74) is 0.326. The van der Waals surface area contributed by atoms with Crippen LogP contribution in [0, 0.1) is 0 Å². The molecule has 0 aliphatic rings. The molecule has 0 saturated heterocycles. The van der Waals surface area contributed by atoms with Gasteiger partial charge in [0.15, 0.2) is 6.04 Å². The number of hydrogen-bond donors (Lipinski definition) is 3. The summed E-state index contributed by atoms with van der Waals surface area (Å²) >= 11 is 0. The number of carbonyl (C=O) groups is 2. The third kappa shape index (κ3) is 4.81. The van der Waals surface area contributed by atoms with Gasteiger partial charge in [-0.25, -0.2) is 9.59 Å². The molecule has 0 radical (unpaired) electrons. The number of rotatable bonds is 7. The lowest BCUT2D eigenvalue weighted by molar-refractivity contribution is -0.142. The van der Waals surface area contributed by atoms with Crippen molar-refractivity contribution >= 4 is 12.1 Å². The zero-order valence-electron chi connectivity index (χ0n) is 11.5. The predicted molar refractivity (Wildman–Crippen MR) is 74.1 cm³/mol. The molecule has 1 aromatic carbocycles. The Hall–Kier alpha value is -2.54. The Morgan fingerprint density at radius 2 is 2.00 bits per heavy atom. The van der Waals surface area contributed by atoms with Gasteiger partial charge < -0.3 is 25.0 Å². The van der Waals surface area contributed by atoms with Crippen LogP contribution >= 0.6 is 0 Å². The monoisotopic (exact) mass is 295 g/mol. The molecule has 7 heteroatoms. The number of aliphatic carboxylic acids is 1. The molecule has 3 N–H and O–H groups in total. The third-order valence-corrected chi connectivity index (χ3v) is 2.64. The molecule has 1 rings (SSSR count). The summed E-state index contributed by atoms with van der Waals surface area (Å²) in [6, 6.07) is 4.64. The van der Waals surface area contributed by atoms with Crippen molar-refractivity contribution in [1.82, 2.24) is 5.32 Å². The molecule has 0 bridgehead atoms. The second kappa shape index (κ2) is 7.91. The number of methoxy groups -OCH3 is 1. The molecule has 0 heterocycles. The second-order valence-corrected chi connectivity index (χ2v) is 4.07. The number of carbonyl (C=O) groups excluding carboxylic acids is 1. The first-order chi connectivity index (χ1) is 9.99. The number of hydrogen-bond acceptors (Lipinski definition) is 5. The minimum Gasteiger partial charge on any atom is -0.497 e. The van der Waals surface area contributed by atoms with Crippen LogP contribution in [0.2, 0.25) is 0 Å². The Morgan fingerprint density at radius 3 is 2.48 bits per heavy atom. The van der Waals surface area contributed by atoms with Gasteiger partial charge in [0.05, 0.1) is 7.11 Å². The predicted octanol–water partition coefficient (Wildman–Crippen LogP) is 1.09. The van der Waals surface area contributed by atoms with Crippen molar-refractivity contribution in [2.75, 3.05) is 13.7 Å². The maximum Gasteiger partial charge on any atom is 0.408 e. The number of aliphatic hydroxyl groups excluding tert-OH is 1. The van der Waals surface area contributed by atoms with Crippen molar-refractivity contribution in [3.05, 3.63) is 42.5 Å². The van der Waals surface area contributed by atoms with E-state index in [0.717, 1.165) is 0 Å². The van der Waals surface area contributed by atoms with E-state index in [-0.39, 0.29) is 6.61 Å². The van der Waals surface area contributed by atoms with E-state index in [1.165, 1.54) is 25.3 Å². The standard InChI is InChI=1S/C14H17NO6/c1-3-8-21-14(19)15-11(13(17)18)12(16)9-4-6-10(20-2)7-5-9/h3-7,11-12,16H,1,8H2,2H3,(H,15,19)(H,17,18). The van der Waals surface area contributed by atoms with Gasteiger partial charge in [-0.15, -0.1) is 0 Å². The second-order valence-electron chi connectivity index (χ2n) is 4.07. The number of amides is 1. The zero-order valence-corrected chi connectivity index (χ0v) is 11.5. The Morgan fingerprint density at radius 1 is 1.38 bits per heavy atom. The van der Waals surface area contributed by atoms with Gasteiger partial charge in [0.1, 0.15) is 18.5 Å². The van der Waals surface area contributed by atoms with Crippen molar-refractivity contribution in [3.63, 3.8) is 0 Å². The lowest BCUT2D eigenvalue weighted by Gasteiger charge is -2.20. The highest BCUT2D eigenvalue weighted by Crippen LogP contribution is 2.20. The number of ether oxygens (including phenoxy) is 2. The summed E-state index contributed by atoms with van der Waals surface area (Å²) in [6.07, 6.45) is -1.03. The summed E-state index contributed by atoms with van der Waals surface area (Å²) in [5, 5.41) is 21.3. The number of carboxylic acids is 1. The molecular formula is C14H17NO6. The van der Waals surface area contributed by atoms with Gasteiger partial charge in [0.2, 0.25) is 0 Å². The fourth-order valence-corrected chi connectivity index (χ4v) is 1.57. The van der Waals surface area contributed by atoms with Gasteiger partial charge in [-0.2, -0.15) is 0 Å². The van der Waals surface area contributed by atoms with Gasteiger partial charge in [-0.05, 0) is 17.7 Å². The van der Waals surface area contributed by atoms with Crippen molar-refractivity contribution in [2.24, 2.45) is 0 Å². The quantitative estimate of drug-likeness (QED) is 0.650. The minimum atomic E-state index is -1.53. The number of nitrogens with one attached hydrogen (secondary N) is 1. The maximum atomic E-state index is 11.4. The van der Waals surface area contributed by atoms with Crippen LogP contribution < -0.4 is 10.1 Å². The summed E-state index contributed by atoms with van der Waals surface area (Å²) in [7, 11) is 1.49. The van der Waals surface area contributed by atoms with Gasteiger partial charge >= 0.3 is 12.1 Å². The lowest BCUT2D eigenvalue weighted by Crippen LogP contribution is -2.45. The van der Waals surface area contributed by atoms with Gasteiger partial charge in [-0.1, -0.05) is 24.8 Å². The highest BCUT2D eigenvalue weighted by atomic mass is 16.5. The van der Waals surface area contributed by atoms with E-state index < -0.39 is 24.2 Å². The van der Waals surface area contributed by atoms with E-state index in [2.05, 4.69) is 16.6 Å². The van der Waals surface area contributed by atoms with Crippen LogP contribution in [-0.4, -0.2) is 42.0 Å². The molecule has 1 aromatic rings. The average molecular weight is 295 g/mol. The zero-order chi connectivity index (χ0) is 15.8. The highest BCUT2D eigenvalue weighted by Gasteiger charge is 2.30. The average Bonchev–Trinajstić information content (AvgIpc) is 2.49. The summed E-state index contributed by atoms with van der Waals surface area (Å²) in [6.45, 7) is 3.30. The molecule has 0 fully saturated rings. The van der Waals surface area contributed by atoms with Gasteiger partial charge in [0.25, 0.3) is 0 Å². The summed E-state index contributed by atoms with van der Waals surface area (Å²) in [4.78, 5) is 22.5. The first kappa shape index (κ1) is 16.5. The smallest absolute Gasteiger partial charge is 0.408 e. The minimum absolute atomic E-state index is 0.0587. The van der Waals surface area contributed by atoms with Crippen molar-refractivity contribution in [1.29, 1.82) is 0 Å². The van der Waals surface area contributed by atoms with Crippen LogP contribution in [0.3, 0.4) is 0 Å². The Kier molecular flexibility index (Phi) is 6.22. The molecular weight excluding hydrogens is 278 g/mol. The van der Waals surface area contributed by atoms with E-state index in [9.17, 15) is 14.7 Å².